The molecule has 0 aromatic heterocycles. The third-order valence-electron chi connectivity index (χ3n) is 2.72. The summed E-state index contributed by atoms with van der Waals surface area (Å²) in [6, 6.07) is 2.77. The van der Waals surface area contributed by atoms with Gasteiger partial charge in [0.15, 0.2) is 9.84 Å². The second-order valence-electron chi connectivity index (χ2n) is 3.62. The van der Waals surface area contributed by atoms with Crippen molar-refractivity contribution in [3.05, 3.63) is 26.8 Å². The summed E-state index contributed by atoms with van der Waals surface area (Å²) < 4.78 is 24.2. The summed E-state index contributed by atoms with van der Waals surface area (Å²) in [6.45, 7) is 0. The molecule has 1 heterocycles. The van der Waals surface area contributed by atoms with Crippen molar-refractivity contribution in [3.8, 4) is 0 Å². The van der Waals surface area contributed by atoms with Crippen LogP contribution in [0.4, 0.5) is 0 Å². The van der Waals surface area contributed by atoms with Gasteiger partial charge in [0.25, 0.3) is 0 Å². The minimum atomic E-state index is -3.30. The Morgan fingerprint density at radius 3 is 2.71 bits per heavy atom. The third kappa shape index (κ3) is 1.97. The highest BCUT2D eigenvalue weighted by Crippen LogP contribution is 2.39. The lowest BCUT2D eigenvalue weighted by Gasteiger charge is -2.04. The van der Waals surface area contributed by atoms with E-state index in [-0.39, 0.29) is 10.5 Å². The van der Waals surface area contributed by atoms with Gasteiger partial charge in [0.05, 0.1) is 10.5 Å². The predicted octanol–water partition coefficient (Wildman–Crippen LogP) is 2.01. The monoisotopic (exact) mass is 384 g/mol. The van der Waals surface area contributed by atoms with Gasteiger partial charge in [0, 0.05) is 9.99 Å². The zero-order chi connectivity index (χ0) is 12.8. The molecule has 17 heavy (non-hydrogen) atoms. The van der Waals surface area contributed by atoms with Crippen molar-refractivity contribution in [2.24, 2.45) is 0 Å². The summed E-state index contributed by atoms with van der Waals surface area (Å²) >= 11 is 3.19. The quantitative estimate of drug-likeness (QED) is 0.790. The molecule has 0 spiro atoms. The number of carboxylic acid groups (broad SMARTS) is 1. The summed E-state index contributed by atoms with van der Waals surface area (Å²) in [7, 11) is -3.30. The Morgan fingerprint density at radius 1 is 1.53 bits per heavy atom. The minimum absolute atomic E-state index is 0.168. The van der Waals surface area contributed by atoms with Crippen LogP contribution in [0.5, 0.6) is 0 Å². The van der Waals surface area contributed by atoms with Crippen molar-refractivity contribution >= 4 is 50.2 Å². The van der Waals surface area contributed by atoms with E-state index in [0.717, 1.165) is 0 Å². The average Bonchev–Trinajstić information content (AvgIpc) is 2.51. The number of benzene rings is 1. The van der Waals surface area contributed by atoms with Crippen LogP contribution >= 0.6 is 34.4 Å². The molecule has 1 N–H and O–H groups in total. The van der Waals surface area contributed by atoms with Gasteiger partial charge < -0.3 is 5.11 Å². The lowest BCUT2D eigenvalue weighted by Crippen LogP contribution is -2.11. The fourth-order valence-electron chi connectivity index (χ4n) is 1.85. The first-order valence-electron chi connectivity index (χ1n) is 4.71. The Labute approximate surface area is 117 Å². The Bertz CT molecular complexity index is 595. The fourth-order valence-corrected chi connectivity index (χ4v) is 6.07. The third-order valence-corrected chi connectivity index (χ3v) is 7.83. The number of hydrogen-bond donors (Lipinski definition) is 1. The topological polar surface area (TPSA) is 71.4 Å². The lowest BCUT2D eigenvalue weighted by atomic mass is 10.1. The van der Waals surface area contributed by atoms with Crippen LogP contribution < -0.4 is 0 Å². The fraction of sp³-hybridized carbons (Fsp3) is 0.300. The Hall–Kier alpha value is -0.280. The molecule has 7 heteroatoms. The number of thioether (sulfide) groups is 1. The molecule has 0 aliphatic carbocycles. The Morgan fingerprint density at radius 2 is 2.18 bits per heavy atom. The van der Waals surface area contributed by atoms with Gasteiger partial charge in [-0.05, 0) is 46.5 Å². The van der Waals surface area contributed by atoms with Gasteiger partial charge >= 0.3 is 5.97 Å². The van der Waals surface area contributed by atoms with Crippen LogP contribution in [0.15, 0.2) is 17.0 Å². The standard InChI is InChI=1S/C10H9IO4S2/c1-16-8-4-6-7(17(8,14)15)3-2-5(9(6)11)10(12)13/h2-3,8H,4H2,1H3,(H,12,13). The number of aromatic carboxylic acids is 1. The summed E-state index contributed by atoms with van der Waals surface area (Å²) in [6.07, 6.45) is 2.14. The van der Waals surface area contributed by atoms with E-state index in [4.69, 9.17) is 5.11 Å². The molecule has 1 unspecified atom stereocenters. The summed E-state index contributed by atoms with van der Waals surface area (Å²) in [5.74, 6) is -1.03. The van der Waals surface area contributed by atoms with E-state index in [1.54, 1.807) is 6.26 Å². The van der Waals surface area contributed by atoms with E-state index in [1.165, 1.54) is 23.9 Å². The second kappa shape index (κ2) is 4.43. The zero-order valence-corrected chi connectivity index (χ0v) is 12.6. The van der Waals surface area contributed by atoms with E-state index in [1.807, 2.05) is 22.6 Å². The second-order valence-corrected chi connectivity index (χ2v) is 8.14. The lowest BCUT2D eigenvalue weighted by molar-refractivity contribution is 0.0695. The molecule has 0 saturated heterocycles. The highest BCUT2D eigenvalue weighted by Gasteiger charge is 2.38. The van der Waals surface area contributed by atoms with E-state index >= 15 is 0 Å². The SMILES string of the molecule is CSC1Cc2c(ccc(C(=O)O)c2I)S1(=O)=O. The molecule has 0 radical (unpaired) electrons. The van der Waals surface area contributed by atoms with E-state index in [2.05, 4.69) is 0 Å². The van der Waals surface area contributed by atoms with Crippen LogP contribution in [-0.2, 0) is 16.3 Å². The van der Waals surface area contributed by atoms with Crippen molar-refractivity contribution in [2.75, 3.05) is 6.26 Å². The van der Waals surface area contributed by atoms with Crippen LogP contribution in [0, 0.1) is 3.57 Å². The van der Waals surface area contributed by atoms with Gasteiger partial charge in [0.1, 0.15) is 4.58 Å². The van der Waals surface area contributed by atoms with E-state index in [0.29, 0.717) is 15.6 Å². The predicted molar refractivity (Wildman–Crippen MR) is 74.3 cm³/mol. The summed E-state index contributed by atoms with van der Waals surface area (Å²) in [5.41, 5.74) is 0.811. The highest BCUT2D eigenvalue weighted by atomic mass is 127. The van der Waals surface area contributed by atoms with Crippen LogP contribution in [0.2, 0.25) is 0 Å². The van der Waals surface area contributed by atoms with Crippen LogP contribution in [0.3, 0.4) is 0 Å². The molecule has 1 atom stereocenters. The van der Waals surface area contributed by atoms with Gasteiger partial charge in [-0.15, -0.1) is 11.8 Å². The van der Waals surface area contributed by atoms with Crippen molar-refractivity contribution in [3.63, 3.8) is 0 Å². The molecule has 1 aromatic carbocycles. The van der Waals surface area contributed by atoms with Gasteiger partial charge in [-0.1, -0.05) is 0 Å². The van der Waals surface area contributed by atoms with Crippen molar-refractivity contribution in [1.82, 2.24) is 0 Å². The van der Waals surface area contributed by atoms with E-state index < -0.39 is 20.4 Å². The van der Waals surface area contributed by atoms with Crippen molar-refractivity contribution < 1.29 is 18.3 Å². The molecule has 2 rings (SSSR count). The molecule has 0 bridgehead atoms. The number of rotatable bonds is 2. The number of carboxylic acids is 1. The average molecular weight is 384 g/mol. The van der Waals surface area contributed by atoms with Crippen LogP contribution in [-0.4, -0.2) is 30.3 Å². The van der Waals surface area contributed by atoms with Crippen molar-refractivity contribution in [2.45, 2.75) is 15.9 Å². The summed E-state index contributed by atoms with van der Waals surface area (Å²) in [5, 5.41) is 8.99. The first kappa shape index (κ1) is 13.2. The smallest absolute Gasteiger partial charge is 0.336 e. The largest absolute Gasteiger partial charge is 0.478 e. The Kier molecular flexibility index (Phi) is 3.43. The molecule has 1 aromatic rings. The first-order chi connectivity index (χ1) is 7.89. The normalized spacial score (nSPS) is 21.2. The molecule has 0 saturated carbocycles. The molecule has 4 nitrogen and oxygen atoms in total. The molecular formula is C10H9IO4S2. The van der Waals surface area contributed by atoms with Crippen molar-refractivity contribution in [1.29, 1.82) is 0 Å². The van der Waals surface area contributed by atoms with Gasteiger partial charge in [-0.2, -0.15) is 0 Å². The van der Waals surface area contributed by atoms with E-state index in [9.17, 15) is 13.2 Å². The number of carbonyl (C=O) groups is 1. The van der Waals surface area contributed by atoms with Gasteiger partial charge in [0.2, 0.25) is 0 Å². The zero-order valence-electron chi connectivity index (χ0n) is 8.81. The van der Waals surface area contributed by atoms with Crippen LogP contribution in [0.25, 0.3) is 0 Å². The molecule has 0 amide bonds. The minimum Gasteiger partial charge on any atom is -0.478 e. The maximum absolute atomic E-state index is 12.1. The Balaban J connectivity index is 2.67. The maximum atomic E-state index is 12.1. The van der Waals surface area contributed by atoms with Crippen LogP contribution in [0.1, 0.15) is 15.9 Å². The highest BCUT2D eigenvalue weighted by molar-refractivity contribution is 14.1. The maximum Gasteiger partial charge on any atom is 0.336 e. The number of sulfone groups is 1. The molecule has 0 fully saturated rings. The number of fused-ring (bicyclic) bond motifs is 1. The van der Waals surface area contributed by atoms with Gasteiger partial charge in [-0.25, -0.2) is 13.2 Å². The van der Waals surface area contributed by atoms with Gasteiger partial charge in [-0.3, -0.25) is 0 Å². The number of halogens is 1. The molecule has 1 aliphatic heterocycles. The number of hydrogen-bond acceptors (Lipinski definition) is 4. The first-order valence-corrected chi connectivity index (χ1v) is 8.62. The molecule has 92 valence electrons. The summed E-state index contributed by atoms with van der Waals surface area (Å²) in [4.78, 5) is 11.3. The molecular weight excluding hydrogens is 375 g/mol. The molecule has 1 aliphatic rings.